The molecular weight excluding hydrogens is 308 g/mol. The number of ether oxygens (including phenoxy) is 2. The fourth-order valence-electron chi connectivity index (χ4n) is 3.41. The summed E-state index contributed by atoms with van der Waals surface area (Å²) >= 11 is 0. The normalized spacial score (nSPS) is 21.8. The summed E-state index contributed by atoms with van der Waals surface area (Å²) in [7, 11) is 1.58. The summed E-state index contributed by atoms with van der Waals surface area (Å²) in [4.78, 5) is 26.8. The Morgan fingerprint density at radius 2 is 2.08 bits per heavy atom. The van der Waals surface area contributed by atoms with E-state index in [2.05, 4.69) is 5.32 Å². The molecule has 6 nitrogen and oxygen atoms in total. The van der Waals surface area contributed by atoms with E-state index in [4.69, 9.17) is 9.47 Å². The number of methoxy groups -OCH3 is 1. The molecular formula is C18H24N2O4. The molecule has 24 heavy (non-hydrogen) atoms. The van der Waals surface area contributed by atoms with Crippen LogP contribution in [0.1, 0.15) is 24.8 Å². The number of aryl methyl sites for hydroxylation is 1. The molecule has 2 heterocycles. The van der Waals surface area contributed by atoms with Gasteiger partial charge in [-0.25, -0.2) is 0 Å². The second kappa shape index (κ2) is 7.21. The maximum atomic E-state index is 12.6. The van der Waals surface area contributed by atoms with Crippen molar-refractivity contribution in [2.24, 2.45) is 5.92 Å². The first-order valence-corrected chi connectivity index (χ1v) is 8.41. The van der Waals surface area contributed by atoms with Gasteiger partial charge in [0, 0.05) is 32.2 Å². The lowest BCUT2D eigenvalue weighted by Crippen LogP contribution is -2.41. The topological polar surface area (TPSA) is 67.9 Å². The number of benzene rings is 1. The Labute approximate surface area is 142 Å². The fraction of sp³-hybridized carbons (Fsp3) is 0.556. The third-order valence-electron chi connectivity index (χ3n) is 4.77. The molecule has 2 saturated heterocycles. The van der Waals surface area contributed by atoms with E-state index in [1.54, 1.807) is 7.11 Å². The minimum atomic E-state index is -0.314. The van der Waals surface area contributed by atoms with Crippen LogP contribution in [0.3, 0.4) is 0 Å². The van der Waals surface area contributed by atoms with Gasteiger partial charge in [0.1, 0.15) is 5.75 Å². The number of likely N-dealkylation sites (tertiary alicyclic amines) is 1. The summed E-state index contributed by atoms with van der Waals surface area (Å²) in [5.41, 5.74) is 1.69. The van der Waals surface area contributed by atoms with Crippen LogP contribution >= 0.6 is 0 Å². The van der Waals surface area contributed by atoms with Gasteiger partial charge in [0.25, 0.3) is 0 Å². The summed E-state index contributed by atoms with van der Waals surface area (Å²) in [6, 6.07) is 5.85. The summed E-state index contributed by atoms with van der Waals surface area (Å²) in [5, 5.41) is 2.92. The predicted molar refractivity (Wildman–Crippen MR) is 90.0 cm³/mol. The van der Waals surface area contributed by atoms with Gasteiger partial charge in [0.05, 0.1) is 18.7 Å². The minimum Gasteiger partial charge on any atom is -0.495 e. The smallest absolute Gasteiger partial charge is 0.229 e. The first kappa shape index (κ1) is 16.8. The molecule has 1 atom stereocenters. The molecule has 1 aromatic carbocycles. The molecule has 130 valence electrons. The van der Waals surface area contributed by atoms with Crippen LogP contribution < -0.4 is 10.1 Å². The van der Waals surface area contributed by atoms with E-state index in [-0.39, 0.29) is 30.2 Å². The zero-order chi connectivity index (χ0) is 17.1. The number of hydrogen-bond acceptors (Lipinski definition) is 4. The molecule has 1 unspecified atom stereocenters. The van der Waals surface area contributed by atoms with Crippen molar-refractivity contribution in [2.75, 3.05) is 32.2 Å². The van der Waals surface area contributed by atoms with E-state index in [9.17, 15) is 9.59 Å². The predicted octanol–water partition coefficient (Wildman–Crippen LogP) is 1.97. The van der Waals surface area contributed by atoms with Crippen molar-refractivity contribution in [1.82, 2.24) is 4.90 Å². The van der Waals surface area contributed by atoms with E-state index in [0.717, 1.165) is 18.4 Å². The number of anilines is 1. The number of nitrogens with zero attached hydrogens (tertiary/aromatic N) is 1. The lowest BCUT2D eigenvalue weighted by Gasteiger charge is -2.31. The Hall–Kier alpha value is -2.08. The number of rotatable bonds is 4. The summed E-state index contributed by atoms with van der Waals surface area (Å²) < 4.78 is 10.6. The van der Waals surface area contributed by atoms with Gasteiger partial charge in [-0.1, -0.05) is 6.07 Å². The molecule has 0 saturated carbocycles. The second-order valence-corrected chi connectivity index (χ2v) is 6.48. The monoisotopic (exact) mass is 332 g/mol. The zero-order valence-corrected chi connectivity index (χ0v) is 14.2. The Kier molecular flexibility index (Phi) is 5.04. The molecule has 2 fully saturated rings. The Morgan fingerprint density at radius 3 is 2.79 bits per heavy atom. The molecule has 2 aliphatic rings. The number of nitrogens with one attached hydrogen (secondary N) is 1. The number of amides is 2. The summed E-state index contributed by atoms with van der Waals surface area (Å²) in [5.74, 6) is 0.255. The molecule has 1 N–H and O–H groups in total. The fourth-order valence-corrected chi connectivity index (χ4v) is 3.41. The first-order chi connectivity index (χ1) is 11.6. The van der Waals surface area contributed by atoms with E-state index >= 15 is 0 Å². The van der Waals surface area contributed by atoms with Crippen molar-refractivity contribution >= 4 is 17.5 Å². The second-order valence-electron chi connectivity index (χ2n) is 6.48. The van der Waals surface area contributed by atoms with Crippen molar-refractivity contribution < 1.29 is 19.1 Å². The molecule has 2 aliphatic heterocycles. The number of carbonyl (C=O) groups is 2. The molecule has 0 aromatic heterocycles. The van der Waals surface area contributed by atoms with E-state index in [1.165, 1.54) is 0 Å². The third kappa shape index (κ3) is 3.53. The van der Waals surface area contributed by atoms with Gasteiger partial charge in [-0.3, -0.25) is 9.59 Å². The van der Waals surface area contributed by atoms with E-state index < -0.39 is 0 Å². The first-order valence-electron chi connectivity index (χ1n) is 8.41. The van der Waals surface area contributed by atoms with Gasteiger partial charge in [-0.2, -0.15) is 0 Å². The molecule has 0 spiro atoms. The maximum Gasteiger partial charge on any atom is 0.229 e. The van der Waals surface area contributed by atoms with Crippen LogP contribution in [-0.2, 0) is 14.3 Å². The number of hydrogen-bond donors (Lipinski definition) is 1. The summed E-state index contributed by atoms with van der Waals surface area (Å²) in [6.45, 7) is 3.82. The Bertz CT molecular complexity index is 625. The van der Waals surface area contributed by atoms with Crippen LogP contribution in [0.4, 0.5) is 5.69 Å². The van der Waals surface area contributed by atoms with Crippen LogP contribution in [0.25, 0.3) is 0 Å². The van der Waals surface area contributed by atoms with Crippen LogP contribution in [-0.4, -0.2) is 49.6 Å². The Morgan fingerprint density at radius 1 is 1.33 bits per heavy atom. The van der Waals surface area contributed by atoms with Gasteiger partial charge in [0.2, 0.25) is 11.8 Å². The largest absolute Gasteiger partial charge is 0.495 e. The maximum absolute atomic E-state index is 12.6. The van der Waals surface area contributed by atoms with Crippen LogP contribution in [0, 0.1) is 12.8 Å². The molecule has 0 radical (unpaired) electrons. The van der Waals surface area contributed by atoms with Crippen molar-refractivity contribution in [3.63, 3.8) is 0 Å². The van der Waals surface area contributed by atoms with Gasteiger partial charge in [-0.05, 0) is 37.5 Å². The quantitative estimate of drug-likeness (QED) is 0.915. The zero-order valence-electron chi connectivity index (χ0n) is 14.2. The van der Waals surface area contributed by atoms with Crippen molar-refractivity contribution in [2.45, 2.75) is 32.2 Å². The molecule has 0 bridgehead atoms. The highest BCUT2D eigenvalue weighted by atomic mass is 16.5. The highest BCUT2D eigenvalue weighted by Gasteiger charge is 2.38. The average Bonchev–Trinajstić information content (AvgIpc) is 2.98. The van der Waals surface area contributed by atoms with Gasteiger partial charge in [0.15, 0.2) is 0 Å². The van der Waals surface area contributed by atoms with Gasteiger partial charge < -0.3 is 19.7 Å². The van der Waals surface area contributed by atoms with E-state index in [1.807, 2.05) is 30.0 Å². The summed E-state index contributed by atoms with van der Waals surface area (Å²) in [6.07, 6.45) is 1.98. The van der Waals surface area contributed by atoms with Crippen LogP contribution in [0.5, 0.6) is 5.75 Å². The van der Waals surface area contributed by atoms with Gasteiger partial charge >= 0.3 is 0 Å². The average molecular weight is 332 g/mol. The third-order valence-corrected chi connectivity index (χ3v) is 4.77. The number of carbonyl (C=O) groups excluding carboxylic acids is 2. The molecule has 0 aliphatic carbocycles. The highest BCUT2D eigenvalue weighted by Crippen LogP contribution is 2.29. The lowest BCUT2D eigenvalue weighted by molar-refractivity contribution is -0.131. The lowest BCUT2D eigenvalue weighted by atomic mass is 10.1. The van der Waals surface area contributed by atoms with Crippen molar-refractivity contribution in [3.05, 3.63) is 23.8 Å². The molecule has 2 amide bonds. The standard InChI is InChI=1S/C18H24N2O4/c1-12-3-4-16(23-2)15(9-12)19-18(22)13-10-17(21)20(11-13)14-5-7-24-8-6-14/h3-4,9,13-14H,5-8,10-11H2,1-2H3,(H,19,22). The van der Waals surface area contributed by atoms with E-state index in [0.29, 0.717) is 31.2 Å². The minimum absolute atomic E-state index is 0.0678. The SMILES string of the molecule is COc1ccc(C)cc1NC(=O)C1CC(=O)N(C2CCOCC2)C1. The molecule has 6 heteroatoms. The van der Waals surface area contributed by atoms with Crippen molar-refractivity contribution in [3.8, 4) is 5.75 Å². The van der Waals surface area contributed by atoms with Crippen LogP contribution in [0.2, 0.25) is 0 Å². The van der Waals surface area contributed by atoms with Crippen molar-refractivity contribution in [1.29, 1.82) is 0 Å². The van der Waals surface area contributed by atoms with Gasteiger partial charge in [-0.15, -0.1) is 0 Å². The molecule has 3 rings (SSSR count). The van der Waals surface area contributed by atoms with Crippen LogP contribution in [0.15, 0.2) is 18.2 Å². The molecule has 1 aromatic rings. The highest BCUT2D eigenvalue weighted by molar-refractivity contribution is 5.98. The Balaban J connectivity index is 1.66.